The molecule has 2 heterocycles. The normalized spacial score (nSPS) is 15.0. The summed E-state index contributed by atoms with van der Waals surface area (Å²) < 4.78 is 7.42. The van der Waals surface area contributed by atoms with Crippen molar-refractivity contribution in [2.75, 3.05) is 0 Å². The largest absolute Gasteiger partial charge is 0.338 e. The molecule has 0 bridgehead atoms. The van der Waals surface area contributed by atoms with E-state index in [0.29, 0.717) is 30.1 Å². The Morgan fingerprint density at radius 3 is 2.86 bits per heavy atom. The zero-order chi connectivity index (χ0) is 14.8. The van der Waals surface area contributed by atoms with Gasteiger partial charge < -0.3 is 14.8 Å². The summed E-state index contributed by atoms with van der Waals surface area (Å²) in [5.41, 5.74) is 5.71. The number of aromatic nitrogens is 5. The highest BCUT2D eigenvalue weighted by atomic mass is 32.2. The van der Waals surface area contributed by atoms with Gasteiger partial charge in [-0.15, -0.1) is 10.2 Å². The lowest BCUT2D eigenvalue weighted by Crippen LogP contribution is -2.08. The van der Waals surface area contributed by atoms with Crippen molar-refractivity contribution in [1.29, 1.82) is 0 Å². The maximum atomic E-state index is 5.71. The molecule has 21 heavy (non-hydrogen) atoms. The Hall–Kier alpha value is -1.41. The van der Waals surface area contributed by atoms with Gasteiger partial charge in [-0.3, -0.25) is 0 Å². The van der Waals surface area contributed by atoms with Crippen LogP contribution in [0.25, 0.3) is 0 Å². The van der Waals surface area contributed by atoms with Crippen molar-refractivity contribution < 1.29 is 4.52 Å². The minimum atomic E-state index is 0.420. The number of hydrogen-bond acceptors (Lipinski definition) is 7. The Bertz CT molecular complexity index is 604. The van der Waals surface area contributed by atoms with Gasteiger partial charge in [-0.2, -0.15) is 4.98 Å². The first-order valence-corrected chi connectivity index (χ1v) is 8.24. The van der Waals surface area contributed by atoms with Gasteiger partial charge in [0, 0.05) is 12.5 Å². The van der Waals surface area contributed by atoms with E-state index in [1.807, 2.05) is 0 Å². The third-order valence-corrected chi connectivity index (χ3v) is 4.18. The molecule has 1 aliphatic carbocycles. The zero-order valence-corrected chi connectivity index (χ0v) is 13.1. The molecule has 0 spiro atoms. The molecule has 2 aromatic heterocycles. The second-order valence-corrected chi connectivity index (χ2v) is 6.64. The molecular weight excluding hydrogens is 288 g/mol. The van der Waals surface area contributed by atoms with Crippen LogP contribution in [0.4, 0.5) is 0 Å². The summed E-state index contributed by atoms with van der Waals surface area (Å²) in [5, 5.41) is 13.3. The van der Waals surface area contributed by atoms with Crippen LogP contribution in [0.3, 0.4) is 0 Å². The highest BCUT2D eigenvalue weighted by molar-refractivity contribution is 7.98. The van der Waals surface area contributed by atoms with E-state index >= 15 is 0 Å². The van der Waals surface area contributed by atoms with Crippen molar-refractivity contribution in [3.63, 3.8) is 0 Å². The van der Waals surface area contributed by atoms with Crippen molar-refractivity contribution in [2.45, 2.75) is 56.6 Å². The fourth-order valence-corrected chi connectivity index (χ4v) is 3.03. The van der Waals surface area contributed by atoms with E-state index in [-0.39, 0.29) is 0 Å². The molecule has 3 rings (SSSR count). The fraction of sp³-hybridized carbons (Fsp3) is 0.692. The van der Waals surface area contributed by atoms with E-state index in [1.165, 1.54) is 12.8 Å². The predicted octanol–water partition coefficient (Wildman–Crippen LogP) is 1.95. The quantitative estimate of drug-likeness (QED) is 0.781. The van der Waals surface area contributed by atoms with Crippen LogP contribution in [0, 0.1) is 5.92 Å². The lowest BCUT2D eigenvalue weighted by atomic mass is 10.1. The minimum Gasteiger partial charge on any atom is -0.338 e. The van der Waals surface area contributed by atoms with Gasteiger partial charge in [0.2, 0.25) is 5.89 Å². The van der Waals surface area contributed by atoms with Gasteiger partial charge in [-0.25, -0.2) is 0 Å². The van der Waals surface area contributed by atoms with Crippen LogP contribution in [-0.2, 0) is 18.7 Å². The second kappa shape index (κ2) is 6.15. The van der Waals surface area contributed by atoms with Crippen molar-refractivity contribution >= 4 is 11.8 Å². The zero-order valence-electron chi connectivity index (χ0n) is 12.3. The van der Waals surface area contributed by atoms with E-state index in [0.717, 1.165) is 23.2 Å². The molecule has 1 saturated carbocycles. The highest BCUT2D eigenvalue weighted by Gasteiger charge is 2.29. The lowest BCUT2D eigenvalue weighted by molar-refractivity contribution is 0.382. The van der Waals surface area contributed by atoms with Crippen LogP contribution in [0.15, 0.2) is 9.68 Å². The van der Waals surface area contributed by atoms with E-state index < -0.39 is 0 Å². The number of thioether (sulfide) groups is 1. The number of hydrogen-bond donors (Lipinski definition) is 1. The summed E-state index contributed by atoms with van der Waals surface area (Å²) in [5.74, 6) is 3.39. The van der Waals surface area contributed by atoms with E-state index in [9.17, 15) is 0 Å². The van der Waals surface area contributed by atoms with Gasteiger partial charge in [0.15, 0.2) is 11.0 Å². The Balaban J connectivity index is 1.65. The second-order valence-electron chi connectivity index (χ2n) is 5.70. The Morgan fingerprint density at radius 2 is 2.19 bits per heavy atom. The molecule has 0 unspecified atom stereocenters. The third-order valence-electron chi connectivity index (χ3n) is 3.26. The molecule has 8 heteroatoms. The average Bonchev–Trinajstić information content (AvgIpc) is 3.05. The van der Waals surface area contributed by atoms with Crippen LogP contribution in [0.2, 0.25) is 0 Å². The van der Waals surface area contributed by atoms with Gasteiger partial charge in [-0.1, -0.05) is 30.8 Å². The van der Waals surface area contributed by atoms with Crippen LogP contribution in [-0.4, -0.2) is 24.9 Å². The smallest absolute Gasteiger partial charge is 0.237 e. The topological polar surface area (TPSA) is 95.6 Å². The Morgan fingerprint density at radius 1 is 1.38 bits per heavy atom. The third kappa shape index (κ3) is 3.44. The molecule has 7 nitrogen and oxygen atoms in total. The van der Waals surface area contributed by atoms with E-state index in [1.54, 1.807) is 11.8 Å². The highest BCUT2D eigenvalue weighted by Crippen LogP contribution is 2.39. The van der Waals surface area contributed by atoms with E-state index in [4.69, 9.17) is 10.3 Å². The number of rotatable bonds is 7. The van der Waals surface area contributed by atoms with Crippen molar-refractivity contribution in [3.8, 4) is 0 Å². The maximum absolute atomic E-state index is 5.71. The van der Waals surface area contributed by atoms with Crippen LogP contribution >= 0.6 is 11.8 Å². The maximum Gasteiger partial charge on any atom is 0.237 e. The molecule has 0 atom stereocenters. The Kier molecular flexibility index (Phi) is 4.25. The van der Waals surface area contributed by atoms with Crippen LogP contribution in [0.5, 0.6) is 0 Å². The molecule has 0 radical (unpaired) electrons. The summed E-state index contributed by atoms with van der Waals surface area (Å²) in [7, 11) is 0. The SMILES string of the molecule is CC(C)Cc1noc(CSc2nnc(CN)n2C2CC2)n1. The molecule has 1 fully saturated rings. The first kappa shape index (κ1) is 14.5. The first-order chi connectivity index (χ1) is 10.2. The summed E-state index contributed by atoms with van der Waals surface area (Å²) in [4.78, 5) is 4.40. The summed E-state index contributed by atoms with van der Waals surface area (Å²) in [6.45, 7) is 4.69. The number of nitrogens with two attached hydrogens (primary N) is 1. The van der Waals surface area contributed by atoms with Crippen molar-refractivity contribution in [1.82, 2.24) is 24.9 Å². The Labute approximate surface area is 127 Å². The van der Waals surface area contributed by atoms with Gasteiger partial charge in [-0.05, 0) is 18.8 Å². The molecule has 1 aliphatic rings. The molecule has 0 aromatic carbocycles. The monoisotopic (exact) mass is 308 g/mol. The van der Waals surface area contributed by atoms with Gasteiger partial charge in [0.05, 0.1) is 12.3 Å². The summed E-state index contributed by atoms with van der Waals surface area (Å²) in [6, 6.07) is 0.514. The first-order valence-electron chi connectivity index (χ1n) is 7.25. The molecule has 0 amide bonds. The van der Waals surface area contributed by atoms with E-state index in [2.05, 4.69) is 38.8 Å². The van der Waals surface area contributed by atoms with Crippen molar-refractivity contribution in [2.24, 2.45) is 11.7 Å². The van der Waals surface area contributed by atoms with Crippen LogP contribution in [0.1, 0.15) is 50.3 Å². The lowest BCUT2D eigenvalue weighted by Gasteiger charge is -2.05. The fourth-order valence-electron chi connectivity index (χ4n) is 2.17. The predicted molar refractivity (Wildman–Crippen MR) is 78.6 cm³/mol. The van der Waals surface area contributed by atoms with Crippen LogP contribution < -0.4 is 5.73 Å². The average molecular weight is 308 g/mol. The summed E-state index contributed by atoms with van der Waals surface area (Å²) >= 11 is 1.57. The molecule has 2 N–H and O–H groups in total. The molecule has 114 valence electrons. The molecule has 0 aliphatic heterocycles. The molecule has 0 saturated heterocycles. The minimum absolute atomic E-state index is 0.420. The van der Waals surface area contributed by atoms with Crippen molar-refractivity contribution in [3.05, 3.63) is 17.5 Å². The standard InChI is InChI=1S/C13H20N6OS/c1-8(2)5-10-15-12(20-18-10)7-21-13-17-16-11(6-14)19(13)9-3-4-9/h8-9H,3-7,14H2,1-2H3. The van der Waals surface area contributed by atoms with Gasteiger partial charge >= 0.3 is 0 Å². The molecular formula is C13H20N6OS. The molecule has 2 aromatic rings. The summed E-state index contributed by atoms with van der Waals surface area (Å²) in [6.07, 6.45) is 3.19. The number of nitrogens with zero attached hydrogens (tertiary/aromatic N) is 5. The van der Waals surface area contributed by atoms with Gasteiger partial charge in [0.25, 0.3) is 0 Å². The van der Waals surface area contributed by atoms with Gasteiger partial charge in [0.1, 0.15) is 5.82 Å².